The average Bonchev–Trinajstić information content (AvgIpc) is 3.08. The first kappa shape index (κ1) is 24.9. The third-order valence-corrected chi connectivity index (χ3v) is 4.30. The van der Waals surface area contributed by atoms with Crippen LogP contribution in [0.25, 0.3) is 10.4 Å². The van der Waals surface area contributed by atoms with E-state index < -0.39 is 36.6 Å². The number of carbonyl (C=O) groups is 5. The van der Waals surface area contributed by atoms with Crippen LogP contribution in [0.5, 0.6) is 5.75 Å². The first-order chi connectivity index (χ1) is 15.8. The summed E-state index contributed by atoms with van der Waals surface area (Å²) in [7, 11) is 0. The molecule has 0 radical (unpaired) electrons. The zero-order chi connectivity index (χ0) is 24.2. The number of carbonyl (C=O) groups excluding carboxylic acids is 5. The molecule has 1 aromatic rings. The number of esters is 1. The lowest BCUT2D eigenvalue weighted by atomic mass is 10.1. The number of nitrogens with one attached hydrogen (secondary N) is 1. The summed E-state index contributed by atoms with van der Waals surface area (Å²) in [5.74, 6) is -2.77. The zero-order valence-corrected chi connectivity index (χ0v) is 17.4. The van der Waals surface area contributed by atoms with Gasteiger partial charge in [-0.05, 0) is 30.5 Å². The van der Waals surface area contributed by atoms with Crippen LogP contribution in [-0.4, -0.2) is 53.4 Å². The molecule has 0 atom stereocenters. The van der Waals surface area contributed by atoms with Crippen LogP contribution in [-0.2, 0) is 28.7 Å². The fourth-order valence-electron chi connectivity index (χ4n) is 2.67. The minimum atomic E-state index is -1.35. The fraction of sp³-hybridized carbons (Fsp3) is 0.421. The monoisotopic (exact) mass is 463 g/mol. The van der Waals surface area contributed by atoms with Gasteiger partial charge in [-0.15, -0.1) is 0 Å². The Hall–Kier alpha value is -4.32. The smallest absolute Gasteiger partial charge is 0.507 e. The number of amides is 3. The molecule has 0 spiro atoms. The summed E-state index contributed by atoms with van der Waals surface area (Å²) in [6.45, 7) is -0.430. The molecule has 2 N–H and O–H groups in total. The Balaban J connectivity index is 1.54. The lowest BCUT2D eigenvalue weighted by molar-refractivity contribution is -0.182. The molecular formula is C19H21N5O9. The second-order valence-electron chi connectivity index (χ2n) is 6.66. The summed E-state index contributed by atoms with van der Waals surface area (Å²) in [4.78, 5) is 64.6. The number of unbranched alkanes of at least 4 members (excludes halogenated alkanes) is 2. The van der Waals surface area contributed by atoms with Crippen molar-refractivity contribution in [1.29, 1.82) is 0 Å². The van der Waals surface area contributed by atoms with Crippen LogP contribution in [0.4, 0.5) is 10.5 Å². The highest BCUT2D eigenvalue weighted by Crippen LogP contribution is 2.24. The number of azide groups is 1. The standard InChI is InChI=1S/C19H21N5O9/c20-23-22-12-5-6-13(14(25)10-12)18(29)21-9-3-1-2-4-17(28)31-11-32-19(30)33-24-15(26)7-8-16(24)27/h5-6,10,25H,1-4,7-9,11H2,(H,21,29). The predicted octanol–water partition coefficient (Wildman–Crippen LogP) is 2.34. The third-order valence-electron chi connectivity index (χ3n) is 4.30. The molecule has 1 aliphatic rings. The summed E-state index contributed by atoms with van der Waals surface area (Å²) in [5, 5.41) is 16.1. The Morgan fingerprint density at radius 2 is 1.85 bits per heavy atom. The number of imide groups is 1. The van der Waals surface area contributed by atoms with E-state index >= 15 is 0 Å². The molecule has 0 saturated carbocycles. The zero-order valence-electron chi connectivity index (χ0n) is 17.4. The minimum Gasteiger partial charge on any atom is -0.507 e. The Labute approximate surface area is 187 Å². The number of phenols is 1. The number of hydrogen-bond acceptors (Lipinski definition) is 10. The van der Waals surface area contributed by atoms with Crippen molar-refractivity contribution >= 4 is 35.5 Å². The van der Waals surface area contributed by atoms with E-state index in [1.54, 1.807) is 0 Å². The molecule has 0 unspecified atom stereocenters. The van der Waals surface area contributed by atoms with Crippen LogP contribution in [0.2, 0.25) is 0 Å². The second kappa shape index (κ2) is 12.5. The van der Waals surface area contributed by atoms with Gasteiger partial charge in [0.05, 0.1) is 5.56 Å². The van der Waals surface area contributed by atoms with Crippen molar-refractivity contribution in [2.45, 2.75) is 38.5 Å². The van der Waals surface area contributed by atoms with Crippen molar-refractivity contribution in [1.82, 2.24) is 10.4 Å². The van der Waals surface area contributed by atoms with E-state index in [9.17, 15) is 29.1 Å². The molecule has 14 heteroatoms. The van der Waals surface area contributed by atoms with Gasteiger partial charge < -0.3 is 19.9 Å². The number of aromatic hydroxyl groups is 1. The number of ether oxygens (including phenoxy) is 2. The lowest BCUT2D eigenvalue weighted by Gasteiger charge is -2.12. The maximum Gasteiger partial charge on any atom is 0.536 e. The van der Waals surface area contributed by atoms with Gasteiger partial charge in [-0.2, -0.15) is 0 Å². The number of hydroxylamine groups is 2. The van der Waals surface area contributed by atoms with E-state index in [-0.39, 0.29) is 36.3 Å². The summed E-state index contributed by atoms with van der Waals surface area (Å²) in [5.41, 5.74) is 8.57. The normalized spacial score (nSPS) is 12.7. The van der Waals surface area contributed by atoms with Crippen molar-refractivity contribution in [2.75, 3.05) is 13.3 Å². The molecule has 3 amide bonds. The van der Waals surface area contributed by atoms with Crippen LogP contribution < -0.4 is 5.32 Å². The van der Waals surface area contributed by atoms with Gasteiger partial charge in [-0.3, -0.25) is 24.0 Å². The van der Waals surface area contributed by atoms with Crippen LogP contribution in [0.15, 0.2) is 23.3 Å². The van der Waals surface area contributed by atoms with Crippen molar-refractivity contribution < 1.29 is 43.4 Å². The molecule has 0 aliphatic carbocycles. The van der Waals surface area contributed by atoms with Crippen molar-refractivity contribution in [3.8, 4) is 5.75 Å². The Morgan fingerprint density at radius 3 is 2.52 bits per heavy atom. The highest BCUT2D eigenvalue weighted by molar-refractivity contribution is 6.01. The van der Waals surface area contributed by atoms with E-state index in [4.69, 9.17) is 10.3 Å². The van der Waals surface area contributed by atoms with Gasteiger partial charge in [0, 0.05) is 36.4 Å². The molecule has 176 valence electrons. The van der Waals surface area contributed by atoms with Crippen LogP contribution in [0.3, 0.4) is 0 Å². The van der Waals surface area contributed by atoms with Crippen molar-refractivity contribution in [2.24, 2.45) is 5.11 Å². The third kappa shape index (κ3) is 8.03. The summed E-state index contributed by atoms with van der Waals surface area (Å²) >= 11 is 0. The molecule has 1 aromatic carbocycles. The Morgan fingerprint density at radius 1 is 1.12 bits per heavy atom. The van der Waals surface area contributed by atoms with Gasteiger partial charge in [0.2, 0.25) is 6.79 Å². The fourth-order valence-corrected chi connectivity index (χ4v) is 2.67. The lowest BCUT2D eigenvalue weighted by Crippen LogP contribution is -2.32. The van der Waals surface area contributed by atoms with E-state index in [2.05, 4.69) is 24.9 Å². The van der Waals surface area contributed by atoms with Gasteiger partial charge in [0.25, 0.3) is 17.7 Å². The Bertz CT molecular complexity index is 958. The first-order valence-electron chi connectivity index (χ1n) is 9.84. The van der Waals surface area contributed by atoms with E-state index in [0.717, 1.165) is 0 Å². The highest BCUT2D eigenvalue weighted by atomic mass is 16.9. The van der Waals surface area contributed by atoms with Gasteiger partial charge in [0.15, 0.2) is 0 Å². The molecule has 1 aliphatic heterocycles. The maximum absolute atomic E-state index is 12.1. The number of hydrogen-bond donors (Lipinski definition) is 2. The first-order valence-corrected chi connectivity index (χ1v) is 9.84. The molecular weight excluding hydrogens is 442 g/mol. The van der Waals surface area contributed by atoms with E-state index in [1.807, 2.05) is 0 Å². The highest BCUT2D eigenvalue weighted by Gasteiger charge is 2.33. The number of phenolic OH excluding ortho intramolecular Hbond substituents is 1. The van der Waals surface area contributed by atoms with Crippen LogP contribution >= 0.6 is 0 Å². The van der Waals surface area contributed by atoms with Gasteiger partial charge in [0.1, 0.15) is 5.75 Å². The predicted molar refractivity (Wildman–Crippen MR) is 107 cm³/mol. The molecule has 1 heterocycles. The van der Waals surface area contributed by atoms with Gasteiger partial charge in [-0.25, -0.2) is 4.79 Å². The number of nitrogens with zero attached hydrogens (tertiary/aromatic N) is 4. The van der Waals surface area contributed by atoms with Crippen LogP contribution in [0.1, 0.15) is 48.9 Å². The summed E-state index contributed by atoms with van der Waals surface area (Å²) in [6.07, 6.45) is 0.161. The molecule has 2 rings (SSSR count). The largest absolute Gasteiger partial charge is 0.536 e. The molecule has 1 saturated heterocycles. The maximum atomic E-state index is 12.1. The summed E-state index contributed by atoms with van der Waals surface area (Å²) in [6, 6.07) is 3.91. The second-order valence-corrected chi connectivity index (χ2v) is 6.66. The average molecular weight is 463 g/mol. The van der Waals surface area contributed by atoms with E-state index in [1.165, 1.54) is 18.2 Å². The van der Waals surface area contributed by atoms with Crippen molar-refractivity contribution in [3.63, 3.8) is 0 Å². The Kier molecular flexibility index (Phi) is 9.46. The molecule has 0 bridgehead atoms. The van der Waals surface area contributed by atoms with Crippen LogP contribution in [0, 0.1) is 0 Å². The number of rotatable bonds is 11. The van der Waals surface area contributed by atoms with Gasteiger partial charge in [-0.1, -0.05) is 22.7 Å². The minimum absolute atomic E-state index is 0.0347. The van der Waals surface area contributed by atoms with E-state index in [0.29, 0.717) is 30.9 Å². The quantitative estimate of drug-likeness (QED) is 0.0940. The van der Waals surface area contributed by atoms with Crippen molar-refractivity contribution in [3.05, 3.63) is 34.2 Å². The topological polar surface area (TPSA) is 197 Å². The molecule has 1 fully saturated rings. The van der Waals surface area contributed by atoms with Gasteiger partial charge >= 0.3 is 12.1 Å². The molecule has 33 heavy (non-hydrogen) atoms. The number of benzene rings is 1. The summed E-state index contributed by atoms with van der Waals surface area (Å²) < 4.78 is 9.17. The SMILES string of the molecule is [N-]=[N+]=Nc1ccc(C(=O)NCCCCCC(=O)OCOC(=O)ON2C(=O)CCC2=O)c(O)c1. The molecule has 14 nitrogen and oxygen atoms in total. The molecule has 0 aromatic heterocycles.